The van der Waals surface area contributed by atoms with Gasteiger partial charge in [-0.3, -0.25) is 9.69 Å². The highest BCUT2D eigenvalue weighted by molar-refractivity contribution is 5.98. The minimum absolute atomic E-state index is 0.147. The normalized spacial score (nSPS) is 16.9. The molecule has 1 unspecified atom stereocenters. The molecule has 0 aliphatic carbocycles. The van der Waals surface area contributed by atoms with Crippen molar-refractivity contribution < 1.29 is 13.9 Å². The quantitative estimate of drug-likeness (QED) is 0.796. The Labute approximate surface area is 153 Å². The summed E-state index contributed by atoms with van der Waals surface area (Å²) in [5.74, 6) is 0.0839. The molecule has 1 aromatic carbocycles. The largest absolute Gasteiger partial charge is 0.379 e. The number of aromatic amines is 1. The molecule has 1 saturated heterocycles. The second kappa shape index (κ2) is 8.64. The summed E-state index contributed by atoms with van der Waals surface area (Å²) in [6, 6.07) is 6.49. The van der Waals surface area contributed by atoms with Gasteiger partial charge in [-0.2, -0.15) is 0 Å². The summed E-state index contributed by atoms with van der Waals surface area (Å²) in [5.41, 5.74) is 1.23. The molecule has 0 bridgehead atoms. The van der Waals surface area contributed by atoms with Crippen LogP contribution < -0.4 is 5.32 Å². The highest BCUT2D eigenvalue weighted by Crippen LogP contribution is 2.20. The van der Waals surface area contributed by atoms with Crippen LogP contribution in [0, 0.1) is 11.7 Å². The highest BCUT2D eigenvalue weighted by atomic mass is 19.1. The third-order valence-electron chi connectivity index (χ3n) is 5.41. The lowest BCUT2D eigenvalue weighted by Crippen LogP contribution is -2.52. The van der Waals surface area contributed by atoms with Gasteiger partial charge >= 0.3 is 0 Å². The van der Waals surface area contributed by atoms with Crippen LogP contribution in [-0.4, -0.2) is 54.7 Å². The Morgan fingerprint density at radius 1 is 1.27 bits per heavy atom. The number of morpholine rings is 1. The number of carbonyl (C=O) groups excluding carboxylic acids is 1. The number of carbonyl (C=O) groups is 1. The minimum atomic E-state index is -0.301. The number of nitrogens with zero attached hydrogens (tertiary/aromatic N) is 1. The first-order valence-corrected chi connectivity index (χ1v) is 9.50. The van der Waals surface area contributed by atoms with Crippen molar-refractivity contribution in [3.8, 4) is 0 Å². The molecule has 26 heavy (non-hydrogen) atoms. The van der Waals surface area contributed by atoms with Gasteiger partial charge in [-0.25, -0.2) is 4.39 Å². The van der Waals surface area contributed by atoms with E-state index < -0.39 is 0 Å². The molecule has 1 atom stereocenters. The fourth-order valence-electron chi connectivity index (χ4n) is 3.85. The van der Waals surface area contributed by atoms with Crippen LogP contribution in [0.2, 0.25) is 0 Å². The molecular weight excluding hydrogens is 333 g/mol. The Hall–Kier alpha value is -1.92. The predicted molar refractivity (Wildman–Crippen MR) is 101 cm³/mol. The van der Waals surface area contributed by atoms with Crippen LogP contribution in [0.15, 0.2) is 24.3 Å². The Bertz CT molecular complexity index is 736. The molecule has 0 spiro atoms. The molecule has 2 N–H and O–H groups in total. The molecule has 1 aromatic heterocycles. The molecule has 1 aliphatic heterocycles. The molecule has 142 valence electrons. The summed E-state index contributed by atoms with van der Waals surface area (Å²) in [6.07, 6.45) is 2.17. The number of H-pyrrole nitrogens is 1. The van der Waals surface area contributed by atoms with E-state index in [0.717, 1.165) is 44.7 Å². The first-order chi connectivity index (χ1) is 12.6. The number of hydrogen-bond acceptors (Lipinski definition) is 3. The molecule has 1 amide bonds. The maximum atomic E-state index is 13.3. The van der Waals surface area contributed by atoms with E-state index in [-0.39, 0.29) is 11.7 Å². The second-order valence-electron chi connectivity index (χ2n) is 6.92. The van der Waals surface area contributed by atoms with E-state index in [4.69, 9.17) is 4.74 Å². The van der Waals surface area contributed by atoms with Crippen molar-refractivity contribution in [3.05, 3.63) is 35.8 Å². The molecule has 0 saturated carbocycles. The van der Waals surface area contributed by atoms with Gasteiger partial charge in [-0.15, -0.1) is 0 Å². The number of nitrogens with one attached hydrogen (secondary N) is 2. The number of benzene rings is 1. The summed E-state index contributed by atoms with van der Waals surface area (Å²) >= 11 is 0. The van der Waals surface area contributed by atoms with Crippen LogP contribution in [0.4, 0.5) is 4.39 Å². The number of amides is 1. The maximum Gasteiger partial charge on any atom is 0.267 e. The monoisotopic (exact) mass is 361 g/mol. The van der Waals surface area contributed by atoms with Crippen LogP contribution in [0.3, 0.4) is 0 Å². The van der Waals surface area contributed by atoms with Crippen LogP contribution in [0.25, 0.3) is 10.9 Å². The number of halogens is 1. The molecular formula is C20H28FN3O2. The Morgan fingerprint density at radius 3 is 2.69 bits per heavy atom. The summed E-state index contributed by atoms with van der Waals surface area (Å²) in [6.45, 7) is 8.32. The SMILES string of the molecule is CCC(CC)C(CNC(=O)c1cc2cc(F)ccc2[nH]1)N1CCOCC1. The van der Waals surface area contributed by atoms with Gasteiger partial charge in [-0.05, 0) is 30.2 Å². The summed E-state index contributed by atoms with van der Waals surface area (Å²) in [4.78, 5) is 18.1. The van der Waals surface area contributed by atoms with Crippen LogP contribution in [0.5, 0.6) is 0 Å². The first kappa shape index (κ1) is 18.9. The fraction of sp³-hybridized carbons (Fsp3) is 0.550. The Kier molecular flexibility index (Phi) is 6.27. The van der Waals surface area contributed by atoms with Gasteiger partial charge in [0.25, 0.3) is 5.91 Å². The number of aromatic nitrogens is 1. The maximum absolute atomic E-state index is 13.3. The van der Waals surface area contributed by atoms with Crippen molar-refractivity contribution in [2.75, 3.05) is 32.8 Å². The van der Waals surface area contributed by atoms with Gasteiger partial charge in [0.2, 0.25) is 0 Å². The topological polar surface area (TPSA) is 57.4 Å². The van der Waals surface area contributed by atoms with Crippen LogP contribution >= 0.6 is 0 Å². The summed E-state index contributed by atoms with van der Waals surface area (Å²) in [7, 11) is 0. The van der Waals surface area contributed by atoms with Crippen molar-refractivity contribution in [1.82, 2.24) is 15.2 Å². The van der Waals surface area contributed by atoms with Gasteiger partial charge in [0, 0.05) is 36.6 Å². The number of rotatable bonds is 7. The lowest BCUT2D eigenvalue weighted by atomic mass is 9.92. The van der Waals surface area contributed by atoms with Crippen molar-refractivity contribution >= 4 is 16.8 Å². The predicted octanol–water partition coefficient (Wildman–Crippen LogP) is 3.17. The van der Waals surface area contributed by atoms with E-state index in [2.05, 4.69) is 29.0 Å². The third-order valence-corrected chi connectivity index (χ3v) is 5.41. The average molecular weight is 361 g/mol. The first-order valence-electron chi connectivity index (χ1n) is 9.50. The Morgan fingerprint density at radius 2 is 2.00 bits per heavy atom. The zero-order chi connectivity index (χ0) is 18.5. The standard InChI is InChI=1S/C20H28FN3O2/c1-3-14(4-2)19(24-7-9-26-10-8-24)13-22-20(25)18-12-15-11-16(21)5-6-17(15)23-18/h5-6,11-12,14,19,23H,3-4,7-10,13H2,1-2H3,(H,22,25). The third kappa shape index (κ3) is 4.24. The van der Waals surface area contributed by atoms with E-state index in [0.29, 0.717) is 29.6 Å². The van der Waals surface area contributed by atoms with Gasteiger partial charge in [0.1, 0.15) is 11.5 Å². The number of ether oxygens (including phenoxy) is 1. The molecule has 2 heterocycles. The molecule has 0 radical (unpaired) electrons. The number of fused-ring (bicyclic) bond motifs is 1. The Balaban J connectivity index is 1.69. The van der Waals surface area contributed by atoms with Crippen molar-refractivity contribution in [2.24, 2.45) is 5.92 Å². The van der Waals surface area contributed by atoms with Crippen LogP contribution in [-0.2, 0) is 4.74 Å². The summed E-state index contributed by atoms with van der Waals surface area (Å²) < 4.78 is 18.8. The summed E-state index contributed by atoms with van der Waals surface area (Å²) in [5, 5.41) is 3.78. The second-order valence-corrected chi connectivity index (χ2v) is 6.92. The highest BCUT2D eigenvalue weighted by Gasteiger charge is 2.27. The van der Waals surface area contributed by atoms with Gasteiger partial charge in [-0.1, -0.05) is 26.7 Å². The average Bonchev–Trinajstić information content (AvgIpc) is 3.09. The molecule has 6 heteroatoms. The van der Waals surface area contributed by atoms with Gasteiger partial charge in [0.05, 0.1) is 13.2 Å². The molecule has 1 aliphatic rings. The van der Waals surface area contributed by atoms with E-state index in [9.17, 15) is 9.18 Å². The van der Waals surface area contributed by atoms with E-state index in [1.807, 2.05) is 0 Å². The smallest absolute Gasteiger partial charge is 0.267 e. The zero-order valence-electron chi connectivity index (χ0n) is 15.6. The molecule has 1 fully saturated rings. The molecule has 2 aromatic rings. The van der Waals surface area contributed by atoms with E-state index in [1.54, 1.807) is 12.1 Å². The van der Waals surface area contributed by atoms with E-state index >= 15 is 0 Å². The molecule has 5 nitrogen and oxygen atoms in total. The molecule has 3 rings (SSSR count). The van der Waals surface area contributed by atoms with Gasteiger partial charge < -0.3 is 15.0 Å². The van der Waals surface area contributed by atoms with E-state index in [1.165, 1.54) is 12.1 Å². The minimum Gasteiger partial charge on any atom is -0.379 e. The lowest BCUT2D eigenvalue weighted by molar-refractivity contribution is 0.00190. The lowest BCUT2D eigenvalue weighted by Gasteiger charge is -2.38. The van der Waals surface area contributed by atoms with Crippen molar-refractivity contribution in [1.29, 1.82) is 0 Å². The number of hydrogen-bond donors (Lipinski definition) is 2. The fourth-order valence-corrected chi connectivity index (χ4v) is 3.85. The zero-order valence-corrected chi connectivity index (χ0v) is 15.6. The van der Waals surface area contributed by atoms with Gasteiger partial charge in [0.15, 0.2) is 0 Å². The van der Waals surface area contributed by atoms with Crippen molar-refractivity contribution in [3.63, 3.8) is 0 Å². The van der Waals surface area contributed by atoms with Crippen molar-refractivity contribution in [2.45, 2.75) is 32.7 Å². The van der Waals surface area contributed by atoms with Crippen LogP contribution in [0.1, 0.15) is 37.2 Å².